The first-order valence-electron chi connectivity index (χ1n) is 8.58. The molecule has 1 aliphatic heterocycles. The molecule has 0 aliphatic carbocycles. The van der Waals surface area contributed by atoms with Crippen LogP contribution in [0.1, 0.15) is 50.3 Å². The number of thioether (sulfide) groups is 1. The van der Waals surface area contributed by atoms with Crippen LogP contribution in [0.3, 0.4) is 0 Å². The van der Waals surface area contributed by atoms with Crippen molar-refractivity contribution in [3.05, 3.63) is 27.3 Å². The van der Waals surface area contributed by atoms with Crippen molar-refractivity contribution in [1.29, 1.82) is 0 Å². The summed E-state index contributed by atoms with van der Waals surface area (Å²) in [6.07, 6.45) is 6.73. The Labute approximate surface area is 151 Å². The first kappa shape index (κ1) is 19.2. The summed E-state index contributed by atoms with van der Waals surface area (Å²) in [5, 5.41) is 11.0. The molecule has 0 bridgehead atoms. The van der Waals surface area contributed by atoms with Gasteiger partial charge in [0.2, 0.25) is 0 Å². The fourth-order valence-electron chi connectivity index (χ4n) is 2.73. The molecule has 1 N–H and O–H groups in total. The fraction of sp³-hybridized carbons (Fsp3) is 0.556. The molecular formula is C18H25NO3S2. The molecule has 0 saturated heterocycles. The van der Waals surface area contributed by atoms with Gasteiger partial charge in [0.15, 0.2) is 0 Å². The lowest BCUT2D eigenvalue weighted by molar-refractivity contribution is -0.136. The summed E-state index contributed by atoms with van der Waals surface area (Å²) in [4.78, 5) is 28.1. The number of hydrogen-bond acceptors (Lipinski definition) is 5. The Morgan fingerprint density at radius 2 is 1.88 bits per heavy atom. The zero-order valence-corrected chi connectivity index (χ0v) is 15.8. The third-order valence-corrected chi connectivity index (χ3v) is 5.91. The highest BCUT2D eigenvalue weighted by Crippen LogP contribution is 2.37. The molecule has 2 heterocycles. The maximum Gasteiger partial charge on any atom is 0.268 e. The zero-order chi connectivity index (χ0) is 17.4. The Morgan fingerprint density at radius 1 is 1.12 bits per heavy atom. The molecular weight excluding hydrogens is 342 g/mol. The molecule has 6 heteroatoms. The van der Waals surface area contributed by atoms with E-state index in [2.05, 4.69) is 6.92 Å². The molecule has 1 aliphatic rings. The van der Waals surface area contributed by atoms with Crippen LogP contribution in [-0.2, 0) is 9.59 Å². The SMILES string of the molecule is CCCCCCCCN1C(=O)C(SCCO)=C(c2cccs2)C1=O. The molecule has 0 unspecified atom stereocenters. The van der Waals surface area contributed by atoms with Crippen LogP contribution >= 0.6 is 23.1 Å². The van der Waals surface area contributed by atoms with Crippen molar-refractivity contribution in [3.8, 4) is 0 Å². The molecule has 0 radical (unpaired) electrons. The molecule has 0 fully saturated rings. The number of aliphatic hydroxyl groups is 1. The highest BCUT2D eigenvalue weighted by Gasteiger charge is 2.38. The van der Waals surface area contributed by atoms with E-state index in [1.165, 1.54) is 47.3 Å². The van der Waals surface area contributed by atoms with Crippen LogP contribution in [0, 0.1) is 0 Å². The van der Waals surface area contributed by atoms with Crippen LogP contribution in [-0.4, -0.2) is 40.7 Å². The first-order chi connectivity index (χ1) is 11.7. The highest BCUT2D eigenvalue weighted by molar-refractivity contribution is 8.04. The van der Waals surface area contributed by atoms with Crippen LogP contribution in [0.4, 0.5) is 0 Å². The number of imide groups is 1. The van der Waals surface area contributed by atoms with E-state index in [-0.39, 0.29) is 18.4 Å². The number of carbonyl (C=O) groups excluding carboxylic acids is 2. The number of hydrogen-bond donors (Lipinski definition) is 1. The van der Waals surface area contributed by atoms with E-state index in [1.807, 2.05) is 17.5 Å². The number of amides is 2. The van der Waals surface area contributed by atoms with Gasteiger partial charge in [-0.3, -0.25) is 14.5 Å². The monoisotopic (exact) mass is 367 g/mol. The number of unbranched alkanes of at least 4 members (excludes halogenated alkanes) is 5. The van der Waals surface area contributed by atoms with Crippen LogP contribution in [0.15, 0.2) is 22.4 Å². The van der Waals surface area contributed by atoms with E-state index in [4.69, 9.17) is 5.11 Å². The van der Waals surface area contributed by atoms with Crippen molar-refractivity contribution in [1.82, 2.24) is 4.90 Å². The van der Waals surface area contributed by atoms with Gasteiger partial charge < -0.3 is 5.11 Å². The molecule has 24 heavy (non-hydrogen) atoms. The van der Waals surface area contributed by atoms with Gasteiger partial charge in [-0.1, -0.05) is 45.1 Å². The third kappa shape index (κ3) is 4.71. The maximum absolute atomic E-state index is 12.7. The largest absolute Gasteiger partial charge is 0.396 e. The number of rotatable bonds is 11. The smallest absolute Gasteiger partial charge is 0.268 e. The lowest BCUT2D eigenvalue weighted by Crippen LogP contribution is -2.32. The van der Waals surface area contributed by atoms with E-state index in [9.17, 15) is 9.59 Å². The second-order valence-electron chi connectivity index (χ2n) is 5.78. The van der Waals surface area contributed by atoms with E-state index in [1.54, 1.807) is 0 Å². The lowest BCUT2D eigenvalue weighted by atomic mass is 10.1. The molecule has 0 aromatic carbocycles. The molecule has 1 aromatic heterocycles. The third-order valence-electron chi connectivity index (χ3n) is 3.97. The predicted molar refractivity (Wildman–Crippen MR) is 101 cm³/mol. The van der Waals surface area contributed by atoms with Crippen molar-refractivity contribution in [3.63, 3.8) is 0 Å². The molecule has 0 atom stereocenters. The number of nitrogens with zero attached hydrogens (tertiary/aromatic N) is 1. The highest BCUT2D eigenvalue weighted by atomic mass is 32.2. The average molecular weight is 368 g/mol. The van der Waals surface area contributed by atoms with E-state index in [0.29, 0.717) is 22.8 Å². The Bertz CT molecular complexity index is 581. The van der Waals surface area contributed by atoms with Crippen molar-refractivity contribution in [2.45, 2.75) is 45.4 Å². The molecule has 2 amide bonds. The Morgan fingerprint density at radius 3 is 2.54 bits per heavy atom. The van der Waals surface area contributed by atoms with E-state index < -0.39 is 0 Å². The van der Waals surface area contributed by atoms with Crippen molar-refractivity contribution in [2.24, 2.45) is 0 Å². The minimum absolute atomic E-state index is 0.00914. The second-order valence-corrected chi connectivity index (χ2v) is 7.84. The van der Waals surface area contributed by atoms with E-state index >= 15 is 0 Å². The molecule has 2 rings (SSSR count). The minimum Gasteiger partial charge on any atom is -0.396 e. The van der Waals surface area contributed by atoms with Gasteiger partial charge in [0, 0.05) is 17.2 Å². The van der Waals surface area contributed by atoms with Crippen LogP contribution < -0.4 is 0 Å². The minimum atomic E-state index is -0.199. The normalized spacial score (nSPS) is 15.0. The van der Waals surface area contributed by atoms with Crippen molar-refractivity contribution >= 4 is 40.5 Å². The summed E-state index contributed by atoms with van der Waals surface area (Å²) in [5.41, 5.74) is 0.513. The summed E-state index contributed by atoms with van der Waals surface area (Å²) in [6, 6.07) is 3.76. The van der Waals surface area contributed by atoms with Gasteiger partial charge in [-0.25, -0.2) is 0 Å². The number of thiophene rings is 1. The Kier molecular flexibility index (Phi) is 8.02. The number of carbonyl (C=O) groups is 2. The standard InChI is InChI=1S/C18H25NO3S2/c1-2-3-4-5-6-7-10-19-17(21)15(14-9-8-12-23-14)16(18(19)22)24-13-11-20/h8-9,12,20H,2-7,10-11,13H2,1H3. The molecule has 0 spiro atoms. The Hall–Kier alpha value is -1.11. The van der Waals surface area contributed by atoms with Crippen LogP contribution in [0.5, 0.6) is 0 Å². The van der Waals surface area contributed by atoms with Crippen molar-refractivity contribution in [2.75, 3.05) is 18.9 Å². The van der Waals surface area contributed by atoms with E-state index in [0.717, 1.165) is 24.1 Å². The summed E-state index contributed by atoms with van der Waals surface area (Å²) >= 11 is 2.75. The van der Waals surface area contributed by atoms with Gasteiger partial charge in [-0.05, 0) is 17.9 Å². The molecule has 0 saturated carbocycles. The van der Waals surface area contributed by atoms with Gasteiger partial charge in [0.25, 0.3) is 11.8 Å². The number of aliphatic hydroxyl groups excluding tert-OH is 1. The predicted octanol–water partition coefficient (Wildman–Crippen LogP) is 3.91. The maximum atomic E-state index is 12.7. The zero-order valence-electron chi connectivity index (χ0n) is 14.1. The summed E-state index contributed by atoms with van der Waals surface area (Å²) < 4.78 is 0. The summed E-state index contributed by atoms with van der Waals surface area (Å²) in [7, 11) is 0. The first-order valence-corrected chi connectivity index (χ1v) is 10.4. The second kappa shape index (κ2) is 10.0. The van der Waals surface area contributed by atoms with Gasteiger partial charge in [-0.15, -0.1) is 23.1 Å². The Balaban J connectivity index is 2.01. The quantitative estimate of drug-likeness (QED) is 0.476. The van der Waals surface area contributed by atoms with Crippen LogP contribution in [0.25, 0.3) is 5.57 Å². The average Bonchev–Trinajstić information content (AvgIpc) is 3.17. The van der Waals surface area contributed by atoms with Crippen LogP contribution in [0.2, 0.25) is 0 Å². The van der Waals surface area contributed by atoms with Gasteiger partial charge in [0.05, 0.1) is 17.1 Å². The van der Waals surface area contributed by atoms with Gasteiger partial charge >= 0.3 is 0 Å². The van der Waals surface area contributed by atoms with Gasteiger partial charge in [-0.2, -0.15) is 0 Å². The van der Waals surface area contributed by atoms with Crippen molar-refractivity contribution < 1.29 is 14.7 Å². The lowest BCUT2D eigenvalue weighted by Gasteiger charge is -2.14. The summed E-state index contributed by atoms with van der Waals surface area (Å²) in [6.45, 7) is 2.66. The molecule has 1 aromatic rings. The van der Waals surface area contributed by atoms with Gasteiger partial charge in [0.1, 0.15) is 0 Å². The fourth-order valence-corrected chi connectivity index (χ4v) is 4.43. The summed E-state index contributed by atoms with van der Waals surface area (Å²) in [5.74, 6) is 0.0421. The molecule has 4 nitrogen and oxygen atoms in total. The topological polar surface area (TPSA) is 57.6 Å². The molecule has 132 valence electrons.